The molecule has 4 N–H and O–H groups in total. The van der Waals surface area contributed by atoms with Crippen LogP contribution in [-0.4, -0.2) is 83.4 Å². The van der Waals surface area contributed by atoms with Crippen LogP contribution in [0.4, 0.5) is 11.8 Å². The van der Waals surface area contributed by atoms with E-state index >= 15 is 0 Å². The normalized spacial score (nSPS) is 11.6. The van der Waals surface area contributed by atoms with Crippen molar-refractivity contribution in [3.8, 4) is 11.3 Å². The van der Waals surface area contributed by atoms with Crippen molar-refractivity contribution >= 4 is 39.7 Å². The summed E-state index contributed by atoms with van der Waals surface area (Å²) in [6, 6.07) is 5.66. The van der Waals surface area contributed by atoms with Gasteiger partial charge in [0.25, 0.3) is 6.01 Å². The van der Waals surface area contributed by atoms with E-state index in [1.807, 2.05) is 16.8 Å². The van der Waals surface area contributed by atoms with Crippen LogP contribution in [0.5, 0.6) is 0 Å². The van der Waals surface area contributed by atoms with Gasteiger partial charge in [0.15, 0.2) is 11.2 Å². The van der Waals surface area contributed by atoms with E-state index in [1.54, 1.807) is 6.07 Å². The molecule has 3 aromatic heterocycles. The lowest BCUT2D eigenvalue weighted by Crippen LogP contribution is -2.13. The highest BCUT2D eigenvalue weighted by Crippen LogP contribution is 2.32. The molecule has 4 aromatic rings. The summed E-state index contributed by atoms with van der Waals surface area (Å²) in [7, 11) is 0. The number of carbonyl (C=O) groups is 1. The van der Waals surface area contributed by atoms with Crippen LogP contribution in [0.1, 0.15) is 45.4 Å². The number of unbranched alkanes of at least 4 members (excludes halogenated alkanes) is 2. The first-order valence-electron chi connectivity index (χ1n) is 14.5. The number of nitrogens with two attached hydrogens (primary N) is 2. The van der Waals surface area contributed by atoms with Gasteiger partial charge in [0.2, 0.25) is 0 Å². The number of fused-ring (bicyclic) bond motifs is 2. The van der Waals surface area contributed by atoms with Crippen molar-refractivity contribution in [3.63, 3.8) is 0 Å². The van der Waals surface area contributed by atoms with Crippen molar-refractivity contribution in [2.75, 3.05) is 64.3 Å². The van der Waals surface area contributed by atoms with E-state index in [1.165, 1.54) is 6.33 Å². The van der Waals surface area contributed by atoms with Crippen LogP contribution >= 0.6 is 0 Å². The Labute approximate surface area is 244 Å². The Morgan fingerprint density at radius 2 is 1.60 bits per heavy atom. The third-order valence-corrected chi connectivity index (χ3v) is 6.55. The Bertz CT molecular complexity index is 1410. The van der Waals surface area contributed by atoms with Crippen LogP contribution in [0, 0.1) is 0 Å². The molecule has 13 nitrogen and oxygen atoms in total. The number of nitrogens with zero attached hydrogens (tertiary/aromatic N) is 5. The number of rotatable bonds is 21. The maximum atomic E-state index is 12.2. The molecule has 0 spiro atoms. The molecular weight excluding hydrogens is 542 g/mol. The van der Waals surface area contributed by atoms with E-state index < -0.39 is 0 Å². The largest absolute Gasteiger partial charge is 0.424 e. The zero-order valence-corrected chi connectivity index (χ0v) is 24.3. The standard InChI is InChI=1S/C29H41N7O6/c1-2-11-38-13-15-40-17-18-41-16-14-39-12-9-22(37)6-4-3-5-10-36-28-25(27(30)32-20-33-28)26(35-36)21-7-8-24-23(19-21)34-29(31)42-24/h7-8,19-20H,2-6,9-18H2,1H3,(H2,31,34)(H2,30,32,33). The minimum absolute atomic E-state index is 0.109. The average molecular weight is 584 g/mol. The molecule has 1 aromatic carbocycles. The first kappa shape index (κ1) is 31.3. The number of benzene rings is 1. The molecule has 0 saturated carbocycles. The molecule has 0 aliphatic carbocycles. The van der Waals surface area contributed by atoms with Gasteiger partial charge in [0, 0.05) is 31.6 Å². The molecule has 0 saturated heterocycles. The molecule has 0 radical (unpaired) electrons. The van der Waals surface area contributed by atoms with Gasteiger partial charge in [-0.25, -0.2) is 14.6 Å². The predicted octanol–water partition coefficient (Wildman–Crippen LogP) is 3.79. The highest BCUT2D eigenvalue weighted by atomic mass is 16.6. The van der Waals surface area contributed by atoms with Crippen LogP contribution in [0.2, 0.25) is 0 Å². The summed E-state index contributed by atoms with van der Waals surface area (Å²) in [6.07, 6.45) is 5.92. The lowest BCUT2D eigenvalue weighted by molar-refractivity contribution is -0.120. The highest BCUT2D eigenvalue weighted by molar-refractivity contribution is 5.99. The van der Waals surface area contributed by atoms with Crippen molar-refractivity contribution in [3.05, 3.63) is 24.5 Å². The molecule has 228 valence electrons. The quantitative estimate of drug-likeness (QED) is 0.136. The summed E-state index contributed by atoms with van der Waals surface area (Å²) in [6.45, 7) is 7.05. The number of Topliss-reactive ketones (excluding diaryl/α,β-unsaturated/α-hetero) is 1. The molecule has 13 heteroatoms. The molecule has 0 bridgehead atoms. The van der Waals surface area contributed by atoms with Crippen molar-refractivity contribution in [2.24, 2.45) is 0 Å². The van der Waals surface area contributed by atoms with Gasteiger partial charge >= 0.3 is 0 Å². The topological polar surface area (TPSA) is 176 Å². The van der Waals surface area contributed by atoms with E-state index in [0.29, 0.717) is 99.3 Å². The summed E-state index contributed by atoms with van der Waals surface area (Å²) in [5.41, 5.74) is 15.3. The SMILES string of the molecule is CCCOCCOCCOCCOCCC(=O)CCCCCn1nc(-c2ccc3oc(N)nc3c2)c2c(N)ncnc21. The second-order valence-corrected chi connectivity index (χ2v) is 9.81. The number of anilines is 2. The van der Waals surface area contributed by atoms with Crippen LogP contribution < -0.4 is 11.5 Å². The third kappa shape index (κ3) is 9.18. The molecule has 0 aliphatic rings. The van der Waals surface area contributed by atoms with Gasteiger partial charge in [-0.15, -0.1) is 0 Å². The first-order chi connectivity index (χ1) is 20.6. The number of hydrogen-bond acceptors (Lipinski definition) is 12. The fourth-order valence-electron chi connectivity index (χ4n) is 4.46. The van der Waals surface area contributed by atoms with Crippen LogP contribution in [0.3, 0.4) is 0 Å². The lowest BCUT2D eigenvalue weighted by atomic mass is 10.1. The van der Waals surface area contributed by atoms with Crippen LogP contribution in [-0.2, 0) is 30.3 Å². The van der Waals surface area contributed by atoms with E-state index in [9.17, 15) is 4.79 Å². The predicted molar refractivity (Wildman–Crippen MR) is 159 cm³/mol. The molecule has 0 aliphatic heterocycles. The van der Waals surface area contributed by atoms with Crippen molar-refractivity contribution in [1.82, 2.24) is 24.7 Å². The Morgan fingerprint density at radius 3 is 2.33 bits per heavy atom. The van der Waals surface area contributed by atoms with E-state index in [4.69, 9.17) is 39.9 Å². The average Bonchev–Trinajstić information content (AvgIpc) is 3.55. The number of ketones is 1. The molecule has 42 heavy (non-hydrogen) atoms. The Hall–Kier alpha value is -3.65. The third-order valence-electron chi connectivity index (χ3n) is 6.55. The Balaban J connectivity index is 1.11. The van der Waals surface area contributed by atoms with E-state index in [2.05, 4.69) is 21.9 Å². The van der Waals surface area contributed by atoms with Gasteiger partial charge in [-0.1, -0.05) is 13.3 Å². The molecule has 0 fully saturated rings. The second-order valence-electron chi connectivity index (χ2n) is 9.81. The first-order valence-corrected chi connectivity index (χ1v) is 14.5. The van der Waals surface area contributed by atoms with Gasteiger partial charge in [-0.2, -0.15) is 10.1 Å². The summed E-state index contributed by atoms with van der Waals surface area (Å²) in [5, 5.41) is 5.49. The van der Waals surface area contributed by atoms with Gasteiger partial charge < -0.3 is 34.8 Å². The summed E-state index contributed by atoms with van der Waals surface area (Å²) < 4.78 is 29.0. The zero-order chi connectivity index (χ0) is 29.6. The minimum Gasteiger partial charge on any atom is -0.424 e. The fourth-order valence-corrected chi connectivity index (χ4v) is 4.46. The number of aryl methyl sites for hydroxylation is 1. The zero-order valence-electron chi connectivity index (χ0n) is 24.3. The summed E-state index contributed by atoms with van der Waals surface area (Å²) in [4.78, 5) is 25.0. The smallest absolute Gasteiger partial charge is 0.292 e. The number of oxazole rings is 1. The van der Waals surface area contributed by atoms with Gasteiger partial charge in [-0.05, 0) is 37.5 Å². The second kappa shape index (κ2) is 16.7. The molecule has 3 heterocycles. The van der Waals surface area contributed by atoms with Crippen molar-refractivity contribution < 1.29 is 28.2 Å². The molecule has 0 amide bonds. The van der Waals surface area contributed by atoms with Crippen molar-refractivity contribution in [1.29, 1.82) is 0 Å². The van der Waals surface area contributed by atoms with Crippen LogP contribution in [0.15, 0.2) is 28.9 Å². The maximum Gasteiger partial charge on any atom is 0.292 e. The van der Waals surface area contributed by atoms with E-state index in [0.717, 1.165) is 37.9 Å². The molecule has 4 rings (SSSR count). The number of nitrogen functional groups attached to an aromatic ring is 2. The van der Waals surface area contributed by atoms with Crippen molar-refractivity contribution in [2.45, 2.75) is 52.0 Å². The minimum atomic E-state index is 0.109. The number of hydrogen-bond donors (Lipinski definition) is 2. The molecule has 0 atom stereocenters. The van der Waals surface area contributed by atoms with Gasteiger partial charge in [-0.3, -0.25) is 4.79 Å². The summed E-state index contributed by atoms with van der Waals surface area (Å²) in [5.74, 6) is 0.559. The Kier molecular flexibility index (Phi) is 12.4. The number of aromatic nitrogens is 5. The lowest BCUT2D eigenvalue weighted by Gasteiger charge is -2.07. The van der Waals surface area contributed by atoms with E-state index in [-0.39, 0.29) is 11.8 Å². The molecular formula is C29H41N7O6. The number of ether oxygens (including phenoxy) is 4. The Morgan fingerprint density at radius 1 is 0.881 bits per heavy atom. The number of carbonyl (C=O) groups excluding carboxylic acids is 1. The summed E-state index contributed by atoms with van der Waals surface area (Å²) >= 11 is 0. The maximum absolute atomic E-state index is 12.2. The van der Waals surface area contributed by atoms with Crippen LogP contribution in [0.25, 0.3) is 33.4 Å². The fraction of sp³-hybridized carbons (Fsp3) is 0.552. The highest BCUT2D eigenvalue weighted by Gasteiger charge is 2.18. The molecule has 0 unspecified atom stereocenters. The van der Waals surface area contributed by atoms with Gasteiger partial charge in [0.1, 0.15) is 29.1 Å². The van der Waals surface area contributed by atoms with Gasteiger partial charge in [0.05, 0.1) is 51.6 Å². The monoisotopic (exact) mass is 583 g/mol.